The lowest BCUT2D eigenvalue weighted by molar-refractivity contribution is -0.123. The minimum Gasteiger partial charge on any atom is -0.484 e. The summed E-state index contributed by atoms with van der Waals surface area (Å²) >= 11 is 0. The van der Waals surface area contributed by atoms with Crippen LogP contribution in [0.25, 0.3) is 0 Å². The minimum absolute atomic E-state index is 0.0551. The SMILES string of the molecule is CC(NC(=O)COc1ccc(CN)cc1)c1ncn[nH]1. The highest BCUT2D eigenvalue weighted by atomic mass is 16.5. The van der Waals surface area contributed by atoms with Crippen molar-refractivity contribution in [3.05, 3.63) is 42.0 Å². The predicted molar refractivity (Wildman–Crippen MR) is 72.8 cm³/mol. The van der Waals surface area contributed by atoms with Crippen LogP contribution in [0.2, 0.25) is 0 Å². The molecule has 0 radical (unpaired) electrons. The molecule has 0 bridgehead atoms. The Morgan fingerprint density at radius 1 is 1.45 bits per heavy atom. The zero-order chi connectivity index (χ0) is 14.4. The average molecular weight is 275 g/mol. The van der Waals surface area contributed by atoms with Crippen molar-refractivity contribution in [2.24, 2.45) is 5.73 Å². The van der Waals surface area contributed by atoms with Gasteiger partial charge in [0.2, 0.25) is 0 Å². The van der Waals surface area contributed by atoms with Crippen molar-refractivity contribution in [2.45, 2.75) is 19.5 Å². The van der Waals surface area contributed by atoms with E-state index in [-0.39, 0.29) is 18.6 Å². The van der Waals surface area contributed by atoms with Gasteiger partial charge in [0, 0.05) is 6.54 Å². The summed E-state index contributed by atoms with van der Waals surface area (Å²) < 4.78 is 5.39. The maximum absolute atomic E-state index is 11.7. The number of carbonyl (C=O) groups excluding carboxylic acids is 1. The van der Waals surface area contributed by atoms with E-state index in [1.807, 2.05) is 19.1 Å². The normalized spacial score (nSPS) is 11.9. The molecule has 106 valence electrons. The van der Waals surface area contributed by atoms with Gasteiger partial charge in [-0.15, -0.1) is 0 Å². The van der Waals surface area contributed by atoms with Crippen molar-refractivity contribution < 1.29 is 9.53 Å². The van der Waals surface area contributed by atoms with Gasteiger partial charge in [-0.1, -0.05) is 12.1 Å². The lowest BCUT2D eigenvalue weighted by atomic mass is 10.2. The van der Waals surface area contributed by atoms with Gasteiger partial charge in [-0.25, -0.2) is 4.98 Å². The Labute approximate surface area is 116 Å². The number of nitrogens with two attached hydrogens (primary N) is 1. The number of H-pyrrole nitrogens is 1. The van der Waals surface area contributed by atoms with Gasteiger partial charge >= 0.3 is 0 Å². The minimum atomic E-state index is -0.242. The van der Waals surface area contributed by atoms with E-state index in [0.29, 0.717) is 18.1 Å². The lowest BCUT2D eigenvalue weighted by Gasteiger charge is -2.12. The summed E-state index contributed by atoms with van der Waals surface area (Å²) in [5.41, 5.74) is 6.52. The molecular weight excluding hydrogens is 258 g/mol. The molecular formula is C13H17N5O2. The fraction of sp³-hybridized carbons (Fsp3) is 0.308. The van der Waals surface area contributed by atoms with Gasteiger partial charge in [0.05, 0.1) is 6.04 Å². The predicted octanol–water partition coefficient (Wildman–Crippen LogP) is 0.520. The molecule has 1 amide bonds. The van der Waals surface area contributed by atoms with Gasteiger partial charge in [0.15, 0.2) is 6.61 Å². The monoisotopic (exact) mass is 275 g/mol. The van der Waals surface area contributed by atoms with Crippen molar-refractivity contribution in [1.29, 1.82) is 0 Å². The Balaban J connectivity index is 1.79. The zero-order valence-electron chi connectivity index (χ0n) is 11.2. The van der Waals surface area contributed by atoms with Gasteiger partial charge in [0.25, 0.3) is 5.91 Å². The maximum atomic E-state index is 11.7. The third-order valence-electron chi connectivity index (χ3n) is 2.75. The van der Waals surface area contributed by atoms with E-state index in [0.717, 1.165) is 5.56 Å². The molecule has 0 saturated heterocycles. The number of aromatic amines is 1. The molecule has 0 fully saturated rings. The van der Waals surface area contributed by atoms with Crippen molar-refractivity contribution in [2.75, 3.05) is 6.61 Å². The first-order valence-electron chi connectivity index (χ1n) is 6.25. The number of rotatable bonds is 6. The van der Waals surface area contributed by atoms with Gasteiger partial charge in [-0.3, -0.25) is 9.89 Å². The number of ether oxygens (including phenoxy) is 1. The Kier molecular flexibility index (Phi) is 4.67. The largest absolute Gasteiger partial charge is 0.484 e. The number of aromatic nitrogens is 3. The molecule has 7 heteroatoms. The van der Waals surface area contributed by atoms with Gasteiger partial charge < -0.3 is 15.8 Å². The van der Waals surface area contributed by atoms with Crippen LogP contribution < -0.4 is 15.8 Å². The summed E-state index contributed by atoms with van der Waals surface area (Å²) in [6.45, 7) is 2.24. The molecule has 1 aromatic heterocycles. The summed E-state index contributed by atoms with van der Waals surface area (Å²) in [4.78, 5) is 15.7. The molecule has 2 aromatic rings. The van der Waals surface area contributed by atoms with Crippen molar-refractivity contribution in [3.63, 3.8) is 0 Å². The fourth-order valence-corrected chi connectivity index (χ4v) is 1.65. The smallest absolute Gasteiger partial charge is 0.258 e. The molecule has 1 unspecified atom stereocenters. The van der Waals surface area contributed by atoms with Crippen molar-refractivity contribution in [3.8, 4) is 5.75 Å². The molecule has 4 N–H and O–H groups in total. The molecule has 7 nitrogen and oxygen atoms in total. The molecule has 0 saturated carbocycles. The summed E-state index contributed by atoms with van der Waals surface area (Å²) in [6.07, 6.45) is 1.40. The third kappa shape index (κ3) is 3.79. The van der Waals surface area contributed by atoms with Crippen LogP contribution in [0.5, 0.6) is 5.75 Å². The molecule has 1 atom stereocenters. The van der Waals surface area contributed by atoms with E-state index >= 15 is 0 Å². The van der Waals surface area contributed by atoms with Crippen LogP contribution in [0.1, 0.15) is 24.4 Å². The standard InChI is InChI=1S/C13H17N5O2/c1-9(13-15-8-16-18-13)17-12(19)7-20-11-4-2-10(6-14)3-5-11/h2-5,8-9H,6-7,14H2,1H3,(H,17,19)(H,15,16,18). The van der Waals surface area contributed by atoms with Crippen LogP contribution in [-0.2, 0) is 11.3 Å². The molecule has 0 aliphatic heterocycles. The molecule has 0 spiro atoms. The van der Waals surface area contributed by atoms with Crippen LogP contribution in [0.4, 0.5) is 0 Å². The van der Waals surface area contributed by atoms with E-state index in [1.54, 1.807) is 12.1 Å². The average Bonchev–Trinajstić information content (AvgIpc) is 3.00. The number of hydrogen-bond donors (Lipinski definition) is 3. The van der Waals surface area contributed by atoms with Crippen molar-refractivity contribution in [1.82, 2.24) is 20.5 Å². The Hall–Kier alpha value is -2.41. The van der Waals surface area contributed by atoms with Gasteiger partial charge in [-0.05, 0) is 24.6 Å². The van der Waals surface area contributed by atoms with Crippen LogP contribution in [0.15, 0.2) is 30.6 Å². The van der Waals surface area contributed by atoms with Crippen molar-refractivity contribution >= 4 is 5.91 Å². The summed E-state index contributed by atoms with van der Waals surface area (Å²) in [5.74, 6) is 1.01. The summed E-state index contributed by atoms with van der Waals surface area (Å²) in [6, 6.07) is 7.06. The quantitative estimate of drug-likeness (QED) is 0.712. The van der Waals surface area contributed by atoms with E-state index in [4.69, 9.17) is 10.5 Å². The zero-order valence-corrected chi connectivity index (χ0v) is 11.2. The topological polar surface area (TPSA) is 106 Å². The molecule has 0 aliphatic rings. The van der Waals surface area contributed by atoms with E-state index < -0.39 is 0 Å². The fourth-order valence-electron chi connectivity index (χ4n) is 1.65. The van der Waals surface area contributed by atoms with Gasteiger partial charge in [-0.2, -0.15) is 5.10 Å². The highest BCUT2D eigenvalue weighted by molar-refractivity contribution is 5.77. The Morgan fingerprint density at radius 3 is 2.80 bits per heavy atom. The Bertz CT molecular complexity index is 538. The molecule has 1 heterocycles. The highest BCUT2D eigenvalue weighted by Crippen LogP contribution is 2.11. The lowest BCUT2D eigenvalue weighted by Crippen LogP contribution is -2.31. The number of amides is 1. The van der Waals surface area contributed by atoms with Crippen LogP contribution in [0.3, 0.4) is 0 Å². The summed E-state index contributed by atoms with van der Waals surface area (Å²) in [5, 5.41) is 9.19. The van der Waals surface area contributed by atoms with E-state index in [2.05, 4.69) is 20.5 Å². The number of nitrogens with one attached hydrogen (secondary N) is 2. The molecule has 1 aromatic carbocycles. The Morgan fingerprint density at radius 2 is 2.20 bits per heavy atom. The number of carbonyl (C=O) groups is 1. The van der Waals surface area contributed by atoms with Crippen LogP contribution in [0, 0.1) is 0 Å². The summed E-state index contributed by atoms with van der Waals surface area (Å²) in [7, 11) is 0. The van der Waals surface area contributed by atoms with E-state index in [9.17, 15) is 4.79 Å². The second kappa shape index (κ2) is 6.67. The second-order valence-electron chi connectivity index (χ2n) is 4.30. The van der Waals surface area contributed by atoms with Crippen LogP contribution >= 0.6 is 0 Å². The first-order chi connectivity index (χ1) is 9.69. The molecule has 2 rings (SSSR count). The highest BCUT2D eigenvalue weighted by Gasteiger charge is 2.12. The number of nitrogens with zero attached hydrogens (tertiary/aromatic N) is 2. The van der Waals surface area contributed by atoms with Crippen LogP contribution in [-0.4, -0.2) is 27.7 Å². The number of benzene rings is 1. The molecule has 20 heavy (non-hydrogen) atoms. The van der Waals surface area contributed by atoms with Gasteiger partial charge in [0.1, 0.15) is 17.9 Å². The third-order valence-corrected chi connectivity index (χ3v) is 2.75. The first kappa shape index (κ1) is 14.0. The first-order valence-corrected chi connectivity index (χ1v) is 6.25. The maximum Gasteiger partial charge on any atom is 0.258 e. The number of hydrogen-bond acceptors (Lipinski definition) is 5. The second-order valence-corrected chi connectivity index (χ2v) is 4.30. The van der Waals surface area contributed by atoms with E-state index in [1.165, 1.54) is 6.33 Å². The molecule has 0 aliphatic carbocycles.